The minimum Gasteiger partial charge on any atom is -0.454 e. The molecule has 0 bridgehead atoms. The fourth-order valence-electron chi connectivity index (χ4n) is 5.50. The van der Waals surface area contributed by atoms with Crippen molar-refractivity contribution in [2.75, 3.05) is 13.3 Å². The predicted octanol–water partition coefficient (Wildman–Crippen LogP) is 5.82. The summed E-state index contributed by atoms with van der Waals surface area (Å²) in [5, 5.41) is 0. The second-order valence-electron chi connectivity index (χ2n) is 9.62. The molecule has 4 nitrogen and oxygen atoms in total. The Morgan fingerprint density at radius 2 is 1.87 bits per heavy atom. The average molecular weight is 478 g/mol. The molecule has 1 atom stereocenters. The Kier molecular flexibility index (Phi) is 4.16. The molecule has 0 amide bonds. The van der Waals surface area contributed by atoms with Gasteiger partial charge in [0, 0.05) is 45.9 Å². The van der Waals surface area contributed by atoms with Crippen molar-refractivity contribution in [3.8, 4) is 11.5 Å². The maximum atomic E-state index is 13.4. The minimum atomic E-state index is -0.0585. The van der Waals surface area contributed by atoms with Crippen LogP contribution in [0.5, 0.6) is 11.5 Å². The molecular weight excluding hydrogens is 454 g/mol. The average Bonchev–Trinajstić information content (AvgIpc) is 3.18. The Hall–Kier alpha value is -2.53. The number of carbonyl (C=O) groups is 1. The fraction of sp³-hybridized carbons (Fsp3) is 0.346. The van der Waals surface area contributed by atoms with Gasteiger partial charge in [0.25, 0.3) is 0 Å². The number of halogens is 1. The van der Waals surface area contributed by atoms with Crippen LogP contribution in [-0.4, -0.2) is 24.0 Å². The van der Waals surface area contributed by atoms with Gasteiger partial charge in [-0.1, -0.05) is 48.0 Å². The van der Waals surface area contributed by atoms with Crippen molar-refractivity contribution in [2.24, 2.45) is 5.41 Å². The third kappa shape index (κ3) is 2.97. The van der Waals surface area contributed by atoms with Gasteiger partial charge in [0.1, 0.15) is 0 Å². The van der Waals surface area contributed by atoms with Crippen molar-refractivity contribution in [3.63, 3.8) is 0 Å². The van der Waals surface area contributed by atoms with Gasteiger partial charge in [-0.25, -0.2) is 0 Å². The molecule has 3 aliphatic heterocycles. The monoisotopic (exact) mass is 477 g/mol. The van der Waals surface area contributed by atoms with E-state index >= 15 is 0 Å². The molecule has 31 heavy (non-hydrogen) atoms. The Labute approximate surface area is 190 Å². The molecule has 1 aliphatic carbocycles. The van der Waals surface area contributed by atoms with E-state index in [1.165, 1.54) is 22.5 Å². The van der Waals surface area contributed by atoms with Gasteiger partial charge >= 0.3 is 0 Å². The largest absolute Gasteiger partial charge is 0.454 e. The zero-order chi connectivity index (χ0) is 21.3. The first-order chi connectivity index (χ1) is 14.9. The molecule has 0 saturated carbocycles. The zero-order valence-corrected chi connectivity index (χ0v) is 19.3. The number of hydrogen-bond acceptors (Lipinski definition) is 4. The lowest BCUT2D eigenvalue weighted by molar-refractivity contribution is -0.118. The van der Waals surface area contributed by atoms with Gasteiger partial charge in [-0.3, -0.25) is 4.79 Å². The molecule has 0 aromatic heterocycles. The van der Waals surface area contributed by atoms with Crippen LogP contribution in [0.4, 0.5) is 0 Å². The minimum absolute atomic E-state index is 0.0357. The Bertz CT molecular complexity index is 1190. The standard InChI is InChI=1S/C26H24BrNO3/c1-26(2)12-21-25(22(29)13-26)18(16-5-3-4-6-19(16)27)10-20-17-11-24-23(30-14-31-24)9-15(17)7-8-28(20)21/h3-6,9-11,18H,7-8,12-14H2,1-2H3/t18-/m1/s1. The topological polar surface area (TPSA) is 38.8 Å². The highest BCUT2D eigenvalue weighted by Gasteiger charge is 2.43. The summed E-state index contributed by atoms with van der Waals surface area (Å²) in [6.45, 7) is 5.56. The summed E-state index contributed by atoms with van der Waals surface area (Å²) >= 11 is 3.74. The van der Waals surface area contributed by atoms with Crippen LogP contribution in [0.2, 0.25) is 0 Å². The van der Waals surface area contributed by atoms with E-state index in [9.17, 15) is 4.79 Å². The molecule has 2 aromatic rings. The summed E-state index contributed by atoms with van der Waals surface area (Å²) in [6, 6.07) is 12.5. The smallest absolute Gasteiger partial charge is 0.231 e. The van der Waals surface area contributed by atoms with E-state index in [1.807, 2.05) is 6.07 Å². The summed E-state index contributed by atoms with van der Waals surface area (Å²) < 4.78 is 12.3. The lowest BCUT2D eigenvalue weighted by atomic mass is 9.69. The Morgan fingerprint density at radius 1 is 1.10 bits per heavy atom. The lowest BCUT2D eigenvalue weighted by Crippen LogP contribution is -2.40. The molecule has 0 N–H and O–H groups in total. The summed E-state index contributed by atoms with van der Waals surface area (Å²) in [5.74, 6) is 1.86. The molecule has 3 heterocycles. The predicted molar refractivity (Wildman–Crippen MR) is 123 cm³/mol. The van der Waals surface area contributed by atoms with E-state index in [-0.39, 0.29) is 23.9 Å². The van der Waals surface area contributed by atoms with Crippen LogP contribution in [0.25, 0.3) is 5.70 Å². The molecule has 2 aromatic carbocycles. The van der Waals surface area contributed by atoms with Crippen LogP contribution in [0, 0.1) is 5.41 Å². The fourth-order valence-corrected chi connectivity index (χ4v) is 6.03. The number of nitrogens with zero attached hydrogens (tertiary/aromatic N) is 1. The second-order valence-corrected chi connectivity index (χ2v) is 10.5. The maximum Gasteiger partial charge on any atom is 0.231 e. The summed E-state index contributed by atoms with van der Waals surface area (Å²) in [4.78, 5) is 15.8. The van der Waals surface area contributed by atoms with Crippen LogP contribution >= 0.6 is 15.9 Å². The van der Waals surface area contributed by atoms with Gasteiger partial charge in [0.2, 0.25) is 6.79 Å². The Morgan fingerprint density at radius 3 is 2.68 bits per heavy atom. The number of benzene rings is 2. The van der Waals surface area contributed by atoms with E-state index in [0.29, 0.717) is 6.42 Å². The number of hydrogen-bond donors (Lipinski definition) is 0. The number of carbonyl (C=O) groups excluding carboxylic acids is 1. The third-order valence-electron chi connectivity index (χ3n) is 6.87. The lowest BCUT2D eigenvalue weighted by Gasteiger charge is -2.46. The van der Waals surface area contributed by atoms with E-state index in [4.69, 9.17) is 9.47 Å². The normalized spacial score (nSPS) is 23.2. The van der Waals surface area contributed by atoms with Crippen molar-refractivity contribution >= 4 is 27.4 Å². The number of fused-ring (bicyclic) bond motifs is 5. The van der Waals surface area contributed by atoms with Crippen molar-refractivity contribution < 1.29 is 14.3 Å². The quantitative estimate of drug-likeness (QED) is 0.518. The van der Waals surface area contributed by atoms with E-state index in [0.717, 1.165) is 46.5 Å². The van der Waals surface area contributed by atoms with Crippen LogP contribution < -0.4 is 9.47 Å². The van der Waals surface area contributed by atoms with Crippen molar-refractivity contribution in [1.82, 2.24) is 4.90 Å². The van der Waals surface area contributed by atoms with Gasteiger partial charge in [0.05, 0.1) is 0 Å². The van der Waals surface area contributed by atoms with Crippen LogP contribution in [0.15, 0.2) is 58.2 Å². The number of rotatable bonds is 1. The second kappa shape index (κ2) is 6.73. The Balaban J connectivity index is 1.57. The van der Waals surface area contributed by atoms with E-state index in [2.05, 4.69) is 71.1 Å². The summed E-state index contributed by atoms with van der Waals surface area (Å²) in [6.07, 6.45) is 4.72. The summed E-state index contributed by atoms with van der Waals surface area (Å²) in [7, 11) is 0. The van der Waals surface area contributed by atoms with Gasteiger partial charge in [0.15, 0.2) is 17.3 Å². The highest BCUT2D eigenvalue weighted by molar-refractivity contribution is 9.10. The maximum absolute atomic E-state index is 13.4. The molecule has 6 rings (SSSR count). The van der Waals surface area contributed by atoms with Crippen molar-refractivity contribution in [3.05, 3.63) is 74.9 Å². The van der Waals surface area contributed by atoms with Crippen LogP contribution in [0.1, 0.15) is 49.3 Å². The SMILES string of the molecule is CC1(C)CC(=O)C2=C(C1)N1CCc3cc4c(cc3C1=C[C@@H]2c1ccccc1Br)OCO4. The highest BCUT2D eigenvalue weighted by atomic mass is 79.9. The molecule has 158 valence electrons. The van der Waals surface area contributed by atoms with Gasteiger partial charge < -0.3 is 14.4 Å². The van der Waals surface area contributed by atoms with Gasteiger partial charge in [-0.05, 0) is 53.7 Å². The number of Topliss-reactive ketones (excluding diaryl/α,β-unsaturated/α-hetero) is 1. The molecule has 0 radical (unpaired) electrons. The first kappa shape index (κ1) is 19.2. The van der Waals surface area contributed by atoms with E-state index < -0.39 is 0 Å². The zero-order valence-electron chi connectivity index (χ0n) is 17.7. The first-order valence-electron chi connectivity index (χ1n) is 10.8. The molecule has 0 fully saturated rings. The molecule has 0 spiro atoms. The molecule has 0 unspecified atom stereocenters. The third-order valence-corrected chi connectivity index (χ3v) is 7.59. The first-order valence-corrected chi connectivity index (χ1v) is 11.6. The number of ether oxygens (including phenoxy) is 2. The molecule has 5 heteroatoms. The van der Waals surface area contributed by atoms with Crippen molar-refractivity contribution in [2.45, 2.75) is 39.0 Å². The van der Waals surface area contributed by atoms with Crippen molar-refractivity contribution in [1.29, 1.82) is 0 Å². The van der Waals surface area contributed by atoms with E-state index in [1.54, 1.807) is 0 Å². The highest BCUT2D eigenvalue weighted by Crippen LogP contribution is 2.52. The van der Waals surface area contributed by atoms with Crippen LogP contribution in [0.3, 0.4) is 0 Å². The van der Waals surface area contributed by atoms with Crippen LogP contribution in [-0.2, 0) is 11.2 Å². The van der Waals surface area contributed by atoms with Gasteiger partial charge in [-0.15, -0.1) is 0 Å². The van der Waals surface area contributed by atoms with Gasteiger partial charge in [-0.2, -0.15) is 0 Å². The number of ketones is 1. The summed E-state index contributed by atoms with van der Waals surface area (Å²) in [5.41, 5.74) is 6.93. The molecule has 4 aliphatic rings. The number of allylic oxidation sites excluding steroid dienone is 3. The molecule has 0 saturated heterocycles. The molecular formula is C26H24BrNO3.